The Morgan fingerprint density at radius 1 is 0.912 bits per heavy atom. The third kappa shape index (κ3) is 5.10. The maximum Gasteiger partial charge on any atom is 0.259 e. The molecule has 3 aromatic rings. The molecule has 1 aliphatic carbocycles. The van der Waals surface area contributed by atoms with Gasteiger partial charge in [-0.2, -0.15) is 0 Å². The fraction of sp³-hybridized carbons (Fsp3) is 0.167. The minimum absolute atomic E-state index is 0.168. The summed E-state index contributed by atoms with van der Waals surface area (Å²) >= 11 is 25.0. The predicted molar refractivity (Wildman–Crippen MR) is 133 cm³/mol. The predicted octanol–water partition coefficient (Wildman–Crippen LogP) is 6.92. The lowest BCUT2D eigenvalue weighted by molar-refractivity contribution is -0.117. The topological polar surface area (TPSA) is 67.4 Å². The zero-order valence-electron chi connectivity index (χ0n) is 17.5. The number of hydrogen-bond acceptors (Lipinski definition) is 3. The van der Waals surface area contributed by atoms with Gasteiger partial charge in [0.2, 0.25) is 5.91 Å². The smallest absolute Gasteiger partial charge is 0.259 e. The number of nitrogens with one attached hydrogen (secondary N) is 2. The Labute approximate surface area is 215 Å². The van der Waals surface area contributed by atoms with Crippen LogP contribution in [0.15, 0.2) is 60.7 Å². The van der Waals surface area contributed by atoms with E-state index >= 15 is 0 Å². The molecule has 10 heteroatoms. The van der Waals surface area contributed by atoms with Crippen molar-refractivity contribution >= 4 is 69.6 Å². The zero-order chi connectivity index (χ0) is 24.6. The average Bonchev–Trinajstić information content (AvgIpc) is 3.36. The number of alkyl halides is 2. The van der Waals surface area contributed by atoms with E-state index in [0.717, 1.165) is 0 Å². The van der Waals surface area contributed by atoms with Crippen LogP contribution in [0.1, 0.15) is 21.8 Å². The fourth-order valence-electron chi connectivity index (χ4n) is 3.74. The van der Waals surface area contributed by atoms with Crippen molar-refractivity contribution in [1.82, 2.24) is 0 Å². The number of hydrogen-bond donors (Lipinski definition) is 2. The number of rotatable bonds is 6. The van der Waals surface area contributed by atoms with Crippen molar-refractivity contribution < 1.29 is 18.7 Å². The highest BCUT2D eigenvalue weighted by molar-refractivity contribution is 6.53. The first-order valence-corrected chi connectivity index (χ1v) is 11.5. The highest BCUT2D eigenvalue weighted by Gasteiger charge is 2.67. The van der Waals surface area contributed by atoms with Gasteiger partial charge in [-0.15, -0.1) is 23.2 Å². The normalized spacial score (nSPS) is 18.2. The molecular weight excluding hydrogens is 525 g/mol. The van der Waals surface area contributed by atoms with Crippen molar-refractivity contribution in [3.8, 4) is 5.75 Å². The van der Waals surface area contributed by atoms with Crippen LogP contribution in [-0.4, -0.2) is 23.3 Å². The second-order valence-electron chi connectivity index (χ2n) is 7.70. The SMILES string of the molecule is COc1ccc(NC(=O)[C@@H]2[C@@H](c3cc(Cl)cc(Cl)c3)C2(Cl)Cl)cc1C(=O)Nc1ccc(F)cc1. The van der Waals surface area contributed by atoms with Gasteiger partial charge < -0.3 is 15.4 Å². The van der Waals surface area contributed by atoms with Gasteiger partial charge in [0, 0.05) is 27.3 Å². The molecule has 5 nitrogen and oxygen atoms in total. The van der Waals surface area contributed by atoms with E-state index in [-0.39, 0.29) is 5.56 Å². The van der Waals surface area contributed by atoms with Gasteiger partial charge in [-0.1, -0.05) is 23.2 Å². The summed E-state index contributed by atoms with van der Waals surface area (Å²) in [6.45, 7) is 0. The maximum absolute atomic E-state index is 13.1. The van der Waals surface area contributed by atoms with Crippen molar-refractivity contribution in [3.63, 3.8) is 0 Å². The quantitative estimate of drug-likeness (QED) is 0.333. The molecule has 2 atom stereocenters. The zero-order valence-corrected chi connectivity index (χ0v) is 20.6. The molecule has 34 heavy (non-hydrogen) atoms. The number of halogens is 5. The standard InChI is InChI=1S/C24H17Cl4FN2O3/c1-34-19-7-6-17(11-18(19)22(32)30-16-4-2-15(29)3-5-16)31-23(33)21-20(24(21,27)28)12-8-13(25)10-14(26)9-12/h2-11,20-21H,1H3,(H,30,32)(H,31,33)/t20-,21+/m1/s1. The van der Waals surface area contributed by atoms with E-state index < -0.39 is 33.8 Å². The molecular formula is C24H17Cl4FN2O3. The lowest BCUT2D eigenvalue weighted by Crippen LogP contribution is -2.18. The van der Waals surface area contributed by atoms with Gasteiger partial charge in [-0.05, 0) is 66.2 Å². The minimum atomic E-state index is -1.34. The fourth-order valence-corrected chi connectivity index (χ4v) is 5.11. The van der Waals surface area contributed by atoms with Crippen LogP contribution in [0.25, 0.3) is 0 Å². The molecule has 0 saturated heterocycles. The van der Waals surface area contributed by atoms with Gasteiger partial charge in [-0.25, -0.2) is 4.39 Å². The van der Waals surface area contributed by atoms with Crippen LogP contribution in [0.4, 0.5) is 15.8 Å². The van der Waals surface area contributed by atoms with E-state index in [4.69, 9.17) is 51.1 Å². The molecule has 4 rings (SSSR count). The molecule has 0 spiro atoms. The second-order valence-corrected chi connectivity index (χ2v) is 10.0. The Kier molecular flexibility index (Phi) is 6.97. The molecule has 3 aromatic carbocycles. The Morgan fingerprint density at radius 2 is 1.53 bits per heavy atom. The average molecular weight is 542 g/mol. The molecule has 0 aliphatic heterocycles. The van der Waals surface area contributed by atoms with Crippen LogP contribution >= 0.6 is 46.4 Å². The first kappa shape index (κ1) is 24.6. The van der Waals surface area contributed by atoms with Gasteiger partial charge in [0.15, 0.2) is 0 Å². The number of anilines is 2. The van der Waals surface area contributed by atoms with Gasteiger partial charge >= 0.3 is 0 Å². The van der Waals surface area contributed by atoms with E-state index in [0.29, 0.717) is 32.7 Å². The lowest BCUT2D eigenvalue weighted by Gasteiger charge is -2.12. The van der Waals surface area contributed by atoms with E-state index in [1.54, 1.807) is 30.3 Å². The molecule has 0 heterocycles. The molecule has 2 N–H and O–H groups in total. The Balaban J connectivity index is 1.53. The number of methoxy groups -OCH3 is 1. The summed E-state index contributed by atoms with van der Waals surface area (Å²) < 4.78 is 17.1. The molecule has 1 aliphatic rings. The third-order valence-corrected chi connectivity index (χ3v) is 6.77. The van der Waals surface area contributed by atoms with Crippen LogP contribution in [0.3, 0.4) is 0 Å². The van der Waals surface area contributed by atoms with Crippen LogP contribution in [-0.2, 0) is 4.79 Å². The van der Waals surface area contributed by atoms with Crippen molar-refractivity contribution in [2.75, 3.05) is 17.7 Å². The van der Waals surface area contributed by atoms with Gasteiger partial charge in [0.05, 0.1) is 18.6 Å². The number of benzene rings is 3. The molecule has 1 saturated carbocycles. The summed E-state index contributed by atoms with van der Waals surface area (Å²) in [6.07, 6.45) is 0. The molecule has 0 unspecified atom stereocenters. The van der Waals surface area contributed by atoms with Crippen LogP contribution in [0.5, 0.6) is 5.75 Å². The van der Waals surface area contributed by atoms with Crippen LogP contribution < -0.4 is 15.4 Å². The van der Waals surface area contributed by atoms with Gasteiger partial charge in [0.1, 0.15) is 15.9 Å². The number of carbonyl (C=O) groups excluding carboxylic acids is 2. The molecule has 1 fully saturated rings. The molecule has 0 bridgehead atoms. The molecule has 0 radical (unpaired) electrons. The Morgan fingerprint density at radius 3 is 2.15 bits per heavy atom. The molecule has 176 valence electrons. The Bertz CT molecular complexity index is 1250. The summed E-state index contributed by atoms with van der Waals surface area (Å²) in [5.41, 5.74) is 1.56. The van der Waals surface area contributed by atoms with Crippen molar-refractivity contribution in [3.05, 3.63) is 87.7 Å². The van der Waals surface area contributed by atoms with Crippen molar-refractivity contribution in [2.24, 2.45) is 5.92 Å². The number of ether oxygens (including phenoxy) is 1. The largest absolute Gasteiger partial charge is 0.496 e. The first-order valence-electron chi connectivity index (χ1n) is 10.00. The summed E-state index contributed by atoms with van der Waals surface area (Å²) in [5, 5.41) is 6.22. The molecule has 0 aromatic heterocycles. The van der Waals surface area contributed by atoms with E-state index in [9.17, 15) is 14.0 Å². The second kappa shape index (κ2) is 9.62. The monoisotopic (exact) mass is 540 g/mol. The summed E-state index contributed by atoms with van der Waals surface area (Å²) in [6, 6.07) is 14.8. The summed E-state index contributed by atoms with van der Waals surface area (Å²) in [7, 11) is 1.42. The third-order valence-electron chi connectivity index (χ3n) is 5.39. The van der Waals surface area contributed by atoms with Gasteiger partial charge in [-0.3, -0.25) is 9.59 Å². The van der Waals surface area contributed by atoms with E-state index in [1.807, 2.05) is 0 Å². The highest BCUT2D eigenvalue weighted by atomic mass is 35.5. The van der Waals surface area contributed by atoms with Crippen molar-refractivity contribution in [1.29, 1.82) is 0 Å². The van der Waals surface area contributed by atoms with Crippen molar-refractivity contribution in [2.45, 2.75) is 10.3 Å². The lowest BCUT2D eigenvalue weighted by atomic mass is 10.1. The van der Waals surface area contributed by atoms with E-state index in [2.05, 4.69) is 10.6 Å². The van der Waals surface area contributed by atoms with E-state index in [1.165, 1.54) is 37.4 Å². The first-order chi connectivity index (χ1) is 16.1. The summed E-state index contributed by atoms with van der Waals surface area (Å²) in [4.78, 5) is 25.8. The highest BCUT2D eigenvalue weighted by Crippen LogP contribution is 2.65. The summed E-state index contributed by atoms with van der Waals surface area (Å²) in [5.74, 6) is -2.33. The minimum Gasteiger partial charge on any atom is -0.496 e. The Hall–Kier alpha value is -2.51. The van der Waals surface area contributed by atoms with Gasteiger partial charge in [0.25, 0.3) is 5.91 Å². The van der Waals surface area contributed by atoms with Crippen LogP contribution in [0.2, 0.25) is 10.0 Å². The number of carbonyl (C=O) groups is 2. The number of amides is 2. The van der Waals surface area contributed by atoms with Crippen LogP contribution in [0, 0.1) is 11.7 Å². The maximum atomic E-state index is 13.1. The molecule has 2 amide bonds.